The van der Waals surface area contributed by atoms with Crippen molar-refractivity contribution < 1.29 is 0 Å². The second-order valence-electron chi connectivity index (χ2n) is 6.04. The van der Waals surface area contributed by atoms with Gasteiger partial charge in [-0.05, 0) is 12.0 Å². The molecule has 0 aliphatic rings. The molecule has 0 unspecified atom stereocenters. The smallest absolute Gasteiger partial charge is 0.309 e. The average molecular weight is 370 g/mol. The Morgan fingerprint density at radius 1 is 1.12 bits per heavy atom. The van der Waals surface area contributed by atoms with Crippen LogP contribution in [0, 0.1) is 0 Å². The van der Waals surface area contributed by atoms with E-state index in [1.807, 2.05) is 47.1 Å². The Morgan fingerprint density at radius 3 is 2.54 bits per heavy atom. The van der Waals surface area contributed by atoms with E-state index in [4.69, 9.17) is 0 Å². The van der Waals surface area contributed by atoms with Crippen LogP contribution in [0.15, 0.2) is 51.2 Å². The van der Waals surface area contributed by atoms with Gasteiger partial charge >= 0.3 is 5.69 Å². The largest absolute Gasteiger partial charge is 0.332 e. The summed E-state index contributed by atoms with van der Waals surface area (Å²) in [5, 5.41) is 0.762. The Balaban J connectivity index is 2.10. The van der Waals surface area contributed by atoms with Crippen molar-refractivity contribution in [1.29, 1.82) is 0 Å². The van der Waals surface area contributed by atoms with Gasteiger partial charge in [0, 0.05) is 26.4 Å². The summed E-state index contributed by atoms with van der Waals surface area (Å²) in [4.78, 5) is 29.5. The van der Waals surface area contributed by atoms with Crippen molar-refractivity contribution in [2.75, 3.05) is 5.75 Å². The number of fused-ring (bicyclic) bond motifs is 1. The molecule has 0 N–H and O–H groups in total. The number of imidazole rings is 1. The molecule has 2 aromatic heterocycles. The van der Waals surface area contributed by atoms with Crippen LogP contribution in [-0.4, -0.2) is 24.4 Å². The first-order valence-corrected chi connectivity index (χ1v) is 9.53. The zero-order chi connectivity index (χ0) is 18.7. The maximum atomic E-state index is 12.7. The molecular formula is C19H22N4O2S. The molecule has 0 spiro atoms. The van der Waals surface area contributed by atoms with Crippen molar-refractivity contribution in [3.8, 4) is 0 Å². The molecule has 3 aromatic rings. The zero-order valence-corrected chi connectivity index (χ0v) is 16.0. The quantitative estimate of drug-likeness (QED) is 0.626. The summed E-state index contributed by atoms with van der Waals surface area (Å²) in [6, 6.07) is 10.0. The number of hydrogen-bond donors (Lipinski definition) is 0. The number of nitrogens with zero attached hydrogens (tertiary/aromatic N) is 4. The van der Waals surface area contributed by atoms with Crippen molar-refractivity contribution in [3.63, 3.8) is 0 Å². The minimum Gasteiger partial charge on any atom is -0.309 e. The average Bonchev–Trinajstić information content (AvgIpc) is 3.02. The van der Waals surface area contributed by atoms with E-state index in [1.165, 1.54) is 11.6 Å². The van der Waals surface area contributed by atoms with Crippen LogP contribution in [0.3, 0.4) is 0 Å². The normalized spacial score (nSPS) is 11.7. The van der Waals surface area contributed by atoms with Crippen molar-refractivity contribution in [2.45, 2.75) is 25.0 Å². The Hall–Kier alpha value is -2.54. The van der Waals surface area contributed by atoms with Crippen LogP contribution >= 0.6 is 11.8 Å². The van der Waals surface area contributed by atoms with Crippen LogP contribution in [0.5, 0.6) is 0 Å². The number of benzene rings is 1. The van der Waals surface area contributed by atoms with Crippen molar-refractivity contribution in [2.24, 2.45) is 14.1 Å². The minimum absolute atomic E-state index is 0.313. The molecule has 2 heterocycles. The molecule has 0 aliphatic carbocycles. The number of aromatic nitrogens is 4. The lowest BCUT2D eigenvalue weighted by Gasteiger charge is -2.06. The first-order chi connectivity index (χ1) is 12.5. The van der Waals surface area contributed by atoms with Crippen LogP contribution in [0.25, 0.3) is 17.2 Å². The molecule has 0 fully saturated rings. The van der Waals surface area contributed by atoms with E-state index >= 15 is 0 Å². The van der Waals surface area contributed by atoms with Crippen LogP contribution < -0.4 is 11.2 Å². The second-order valence-corrected chi connectivity index (χ2v) is 7.11. The molecule has 136 valence electrons. The highest BCUT2D eigenvalue weighted by Gasteiger charge is 2.18. The van der Waals surface area contributed by atoms with Gasteiger partial charge in [-0.2, -0.15) is 0 Å². The Kier molecular flexibility index (Phi) is 5.46. The number of allylic oxidation sites excluding steroid dienone is 1. The molecule has 0 aliphatic heterocycles. The number of aryl methyl sites for hydroxylation is 1. The lowest BCUT2D eigenvalue weighted by atomic mass is 10.2. The molecule has 1 aromatic carbocycles. The predicted molar refractivity (Wildman–Crippen MR) is 107 cm³/mol. The van der Waals surface area contributed by atoms with Crippen LogP contribution in [0.1, 0.15) is 18.9 Å². The van der Waals surface area contributed by atoms with E-state index in [-0.39, 0.29) is 11.2 Å². The minimum atomic E-state index is -0.362. The highest BCUT2D eigenvalue weighted by Crippen LogP contribution is 2.22. The molecule has 0 saturated heterocycles. The third-order valence-corrected chi connectivity index (χ3v) is 5.33. The highest BCUT2D eigenvalue weighted by atomic mass is 32.2. The van der Waals surface area contributed by atoms with E-state index in [0.29, 0.717) is 17.7 Å². The lowest BCUT2D eigenvalue weighted by molar-refractivity contribution is 0.700. The molecule has 7 heteroatoms. The predicted octanol–water partition coefficient (Wildman–Crippen LogP) is 2.65. The van der Waals surface area contributed by atoms with E-state index in [2.05, 4.69) is 11.9 Å². The summed E-state index contributed by atoms with van der Waals surface area (Å²) >= 11 is 1.60. The van der Waals surface area contributed by atoms with Gasteiger partial charge in [0.25, 0.3) is 5.56 Å². The molecule has 0 bridgehead atoms. The maximum Gasteiger partial charge on any atom is 0.332 e. The Labute approximate surface area is 155 Å². The molecule has 0 radical (unpaired) electrons. The van der Waals surface area contributed by atoms with Gasteiger partial charge in [0.1, 0.15) is 0 Å². The summed E-state index contributed by atoms with van der Waals surface area (Å²) < 4.78 is 4.47. The monoisotopic (exact) mass is 370 g/mol. The third kappa shape index (κ3) is 3.39. The summed E-state index contributed by atoms with van der Waals surface area (Å²) in [6.45, 7) is 2.62. The van der Waals surface area contributed by atoms with Gasteiger partial charge in [-0.15, -0.1) is 0 Å². The molecule has 3 rings (SSSR count). The van der Waals surface area contributed by atoms with Gasteiger partial charge < -0.3 is 4.57 Å². The van der Waals surface area contributed by atoms with Gasteiger partial charge in [-0.1, -0.05) is 61.2 Å². The molecular weight excluding hydrogens is 348 g/mol. The standard InChI is InChI=1S/C19H22N4O2S/c1-4-13-26-18-20-16-15(17(24)22(3)19(25)21(16)2)23(18)12-8-11-14-9-6-5-7-10-14/h5-11H,4,12-13H2,1-3H3/b11-8+. The molecule has 6 nitrogen and oxygen atoms in total. The van der Waals surface area contributed by atoms with E-state index < -0.39 is 0 Å². The van der Waals surface area contributed by atoms with Gasteiger partial charge in [0.2, 0.25) is 0 Å². The molecule has 0 amide bonds. The van der Waals surface area contributed by atoms with Gasteiger partial charge in [0.15, 0.2) is 16.3 Å². The van der Waals surface area contributed by atoms with Gasteiger partial charge in [-0.25, -0.2) is 9.78 Å². The topological polar surface area (TPSA) is 61.8 Å². The first kappa shape index (κ1) is 18.3. The SMILES string of the molecule is CCCSc1nc2c(c(=O)n(C)c(=O)n2C)n1C/C=C/c1ccccc1. The Morgan fingerprint density at radius 2 is 1.85 bits per heavy atom. The maximum absolute atomic E-state index is 12.7. The third-order valence-electron chi connectivity index (χ3n) is 4.15. The lowest BCUT2D eigenvalue weighted by Crippen LogP contribution is -2.37. The van der Waals surface area contributed by atoms with Crippen molar-refractivity contribution >= 4 is 29.0 Å². The fourth-order valence-corrected chi connectivity index (χ4v) is 3.62. The summed E-state index contributed by atoms with van der Waals surface area (Å²) in [5.41, 5.74) is 1.32. The van der Waals surface area contributed by atoms with Gasteiger partial charge in [0.05, 0.1) is 0 Å². The fraction of sp³-hybridized carbons (Fsp3) is 0.316. The van der Waals surface area contributed by atoms with E-state index in [9.17, 15) is 9.59 Å². The summed E-state index contributed by atoms with van der Waals surface area (Å²) in [6.07, 6.45) is 5.04. The number of rotatable bonds is 6. The number of thioether (sulfide) groups is 1. The first-order valence-electron chi connectivity index (χ1n) is 8.55. The molecule has 0 atom stereocenters. The van der Waals surface area contributed by atoms with Crippen LogP contribution in [0.2, 0.25) is 0 Å². The fourth-order valence-electron chi connectivity index (χ4n) is 2.76. The molecule has 0 saturated carbocycles. The second kappa shape index (κ2) is 7.78. The van der Waals surface area contributed by atoms with Gasteiger partial charge in [-0.3, -0.25) is 13.9 Å². The summed E-state index contributed by atoms with van der Waals surface area (Å²) in [5.74, 6) is 0.903. The summed E-state index contributed by atoms with van der Waals surface area (Å²) in [7, 11) is 3.15. The zero-order valence-electron chi connectivity index (χ0n) is 15.2. The van der Waals surface area contributed by atoms with Crippen LogP contribution in [-0.2, 0) is 20.6 Å². The highest BCUT2D eigenvalue weighted by molar-refractivity contribution is 7.99. The number of hydrogen-bond acceptors (Lipinski definition) is 4. The van der Waals surface area contributed by atoms with E-state index in [1.54, 1.807) is 18.8 Å². The Bertz CT molecular complexity index is 1060. The molecule has 26 heavy (non-hydrogen) atoms. The van der Waals surface area contributed by atoms with E-state index in [0.717, 1.165) is 27.5 Å². The van der Waals surface area contributed by atoms with Crippen molar-refractivity contribution in [1.82, 2.24) is 18.7 Å². The van der Waals surface area contributed by atoms with Crippen LogP contribution in [0.4, 0.5) is 0 Å². The van der Waals surface area contributed by atoms with Crippen molar-refractivity contribution in [3.05, 3.63) is 62.8 Å².